The highest BCUT2D eigenvalue weighted by Crippen LogP contribution is 2.19. The summed E-state index contributed by atoms with van der Waals surface area (Å²) in [4.78, 5) is 0. The van der Waals surface area contributed by atoms with Crippen molar-refractivity contribution in [2.75, 3.05) is 5.43 Å². The molecule has 0 radical (unpaired) electrons. The van der Waals surface area contributed by atoms with E-state index in [1.54, 1.807) is 12.3 Å². The zero-order valence-corrected chi connectivity index (χ0v) is 13.6. The summed E-state index contributed by atoms with van der Waals surface area (Å²) in [5.41, 5.74) is 5.46. The van der Waals surface area contributed by atoms with Gasteiger partial charge < -0.3 is 0 Å². The Morgan fingerprint density at radius 3 is 2.90 bits per heavy atom. The third-order valence-corrected chi connectivity index (χ3v) is 3.68. The van der Waals surface area contributed by atoms with Crippen molar-refractivity contribution >= 4 is 35.1 Å². The summed E-state index contributed by atoms with van der Waals surface area (Å²) in [6.07, 6.45) is 3.85. The van der Waals surface area contributed by atoms with Crippen molar-refractivity contribution in [1.29, 1.82) is 0 Å². The average molecular weight is 325 g/mol. The number of benzene rings is 1. The van der Waals surface area contributed by atoms with E-state index in [1.165, 1.54) is 0 Å². The van der Waals surface area contributed by atoms with Gasteiger partial charge in [-0.1, -0.05) is 42.6 Å². The fourth-order valence-corrected chi connectivity index (χ4v) is 2.40. The highest BCUT2D eigenvalue weighted by molar-refractivity contribution is 6.32. The van der Waals surface area contributed by atoms with Crippen molar-refractivity contribution in [3.8, 4) is 0 Å². The third kappa shape index (κ3) is 4.22. The van der Waals surface area contributed by atoms with Crippen molar-refractivity contribution < 1.29 is 0 Å². The molecule has 0 aliphatic rings. The van der Waals surface area contributed by atoms with E-state index in [1.807, 2.05) is 29.8 Å². The van der Waals surface area contributed by atoms with Crippen molar-refractivity contribution in [2.24, 2.45) is 5.10 Å². The average Bonchev–Trinajstić information content (AvgIpc) is 2.72. The van der Waals surface area contributed by atoms with Crippen molar-refractivity contribution in [1.82, 2.24) is 9.78 Å². The maximum atomic E-state index is 6.33. The fraction of sp³-hybridized carbons (Fsp3) is 0.333. The molecule has 6 heteroatoms. The van der Waals surface area contributed by atoms with Crippen LogP contribution in [0.1, 0.15) is 31.0 Å². The summed E-state index contributed by atoms with van der Waals surface area (Å²) in [7, 11) is 0. The van der Waals surface area contributed by atoms with Gasteiger partial charge in [0.25, 0.3) is 0 Å². The summed E-state index contributed by atoms with van der Waals surface area (Å²) in [6.45, 7) is 4.89. The highest BCUT2D eigenvalue weighted by atomic mass is 35.5. The van der Waals surface area contributed by atoms with Gasteiger partial charge in [-0.2, -0.15) is 10.2 Å². The minimum Gasteiger partial charge on any atom is -0.278 e. The van der Waals surface area contributed by atoms with Crippen LogP contribution in [-0.2, 0) is 6.54 Å². The first-order valence-electron chi connectivity index (χ1n) is 6.89. The third-order valence-electron chi connectivity index (χ3n) is 3.04. The Bertz CT molecular complexity index is 635. The summed E-state index contributed by atoms with van der Waals surface area (Å²) >= 11 is 12.2. The summed E-state index contributed by atoms with van der Waals surface area (Å²) in [5, 5.41) is 9.92. The van der Waals surface area contributed by atoms with Crippen molar-refractivity contribution in [3.05, 3.63) is 45.7 Å². The van der Waals surface area contributed by atoms with Crippen LogP contribution in [0.15, 0.2) is 29.4 Å². The number of anilines is 1. The molecule has 0 aliphatic heterocycles. The van der Waals surface area contributed by atoms with Crippen LogP contribution in [0.4, 0.5) is 5.69 Å². The molecule has 0 aliphatic carbocycles. The molecule has 2 aromatic rings. The Kier molecular flexibility index (Phi) is 5.65. The van der Waals surface area contributed by atoms with Crippen LogP contribution < -0.4 is 5.43 Å². The van der Waals surface area contributed by atoms with Gasteiger partial charge in [0, 0.05) is 11.6 Å². The number of halogens is 2. The first-order chi connectivity index (χ1) is 10.1. The van der Waals surface area contributed by atoms with E-state index in [0.717, 1.165) is 36.3 Å². The maximum Gasteiger partial charge on any atom is 0.136 e. The number of nitrogens with zero attached hydrogens (tertiary/aromatic N) is 3. The minimum atomic E-state index is 0.623. The number of hydrazone groups is 1. The van der Waals surface area contributed by atoms with Gasteiger partial charge in [0.1, 0.15) is 5.15 Å². The number of nitrogens with one attached hydrogen (secondary N) is 1. The number of rotatable bonds is 6. The van der Waals surface area contributed by atoms with Gasteiger partial charge in [-0.15, -0.1) is 0 Å². The van der Waals surface area contributed by atoms with Crippen LogP contribution in [0.5, 0.6) is 0 Å². The first-order valence-corrected chi connectivity index (χ1v) is 7.65. The van der Waals surface area contributed by atoms with E-state index < -0.39 is 0 Å². The Morgan fingerprint density at radius 1 is 1.38 bits per heavy atom. The maximum absolute atomic E-state index is 6.33. The van der Waals surface area contributed by atoms with E-state index in [4.69, 9.17) is 23.2 Å². The number of unbranched alkanes of at least 4 members (excludes halogenated alkanes) is 1. The smallest absolute Gasteiger partial charge is 0.136 e. The van der Waals surface area contributed by atoms with E-state index in [0.29, 0.717) is 10.2 Å². The lowest BCUT2D eigenvalue weighted by atomic mass is 10.3. The number of hydrogen-bond donors (Lipinski definition) is 1. The second kappa shape index (κ2) is 7.48. The van der Waals surface area contributed by atoms with Gasteiger partial charge in [0.2, 0.25) is 0 Å². The molecule has 1 N–H and O–H groups in total. The predicted molar refractivity (Wildman–Crippen MR) is 89.6 cm³/mol. The molecule has 2 rings (SSSR count). The monoisotopic (exact) mass is 324 g/mol. The molecule has 1 aromatic heterocycles. The molecule has 1 aromatic carbocycles. The van der Waals surface area contributed by atoms with E-state index in [9.17, 15) is 0 Å². The zero-order chi connectivity index (χ0) is 15.2. The number of aromatic nitrogens is 2. The van der Waals surface area contributed by atoms with Crippen LogP contribution in [0.25, 0.3) is 0 Å². The summed E-state index contributed by atoms with van der Waals surface area (Å²) in [6, 6.07) is 7.37. The number of aryl methyl sites for hydroxylation is 2. The van der Waals surface area contributed by atoms with Gasteiger partial charge in [-0.25, -0.2) is 0 Å². The molecule has 0 amide bonds. The molecular weight excluding hydrogens is 307 g/mol. The van der Waals surface area contributed by atoms with Gasteiger partial charge >= 0.3 is 0 Å². The first kappa shape index (κ1) is 15.9. The predicted octanol–water partition coefficient (Wildman–Crippen LogP) is 4.74. The Balaban J connectivity index is 2.08. The standard InChI is InChI=1S/C15H18Cl2N4/c1-3-4-8-21-15(17)14(11(2)20-21)10-18-19-13-7-5-6-12(16)9-13/h5-7,9-10,19H,3-4,8H2,1-2H3/b18-10-. The van der Waals surface area contributed by atoms with E-state index in [-0.39, 0.29) is 0 Å². The molecule has 21 heavy (non-hydrogen) atoms. The second-order valence-corrected chi connectivity index (χ2v) is 5.54. The van der Waals surface area contributed by atoms with Crippen LogP contribution in [0.2, 0.25) is 10.2 Å². The summed E-state index contributed by atoms with van der Waals surface area (Å²) < 4.78 is 1.82. The lowest BCUT2D eigenvalue weighted by Crippen LogP contribution is -2.00. The Hall–Kier alpha value is -1.52. The second-order valence-electron chi connectivity index (χ2n) is 4.75. The molecule has 0 fully saturated rings. The minimum absolute atomic E-state index is 0.623. The topological polar surface area (TPSA) is 42.2 Å². The molecule has 112 valence electrons. The van der Waals surface area contributed by atoms with E-state index in [2.05, 4.69) is 22.5 Å². The summed E-state index contributed by atoms with van der Waals surface area (Å²) in [5.74, 6) is 0. The quantitative estimate of drug-likeness (QED) is 0.615. The molecule has 4 nitrogen and oxygen atoms in total. The molecule has 0 atom stereocenters. The van der Waals surface area contributed by atoms with Crippen molar-refractivity contribution in [3.63, 3.8) is 0 Å². The lowest BCUT2D eigenvalue weighted by molar-refractivity contribution is 0.569. The van der Waals surface area contributed by atoms with Gasteiger partial charge in [0.05, 0.1) is 23.2 Å². The molecule has 0 saturated carbocycles. The molecule has 0 bridgehead atoms. The lowest BCUT2D eigenvalue weighted by Gasteiger charge is -2.01. The van der Waals surface area contributed by atoms with Gasteiger partial charge in [-0.3, -0.25) is 10.1 Å². The molecule has 0 spiro atoms. The molecular formula is C15H18Cl2N4. The molecule has 1 heterocycles. The van der Waals surface area contributed by atoms with Crippen LogP contribution >= 0.6 is 23.2 Å². The van der Waals surface area contributed by atoms with Gasteiger partial charge in [-0.05, 0) is 31.5 Å². The van der Waals surface area contributed by atoms with Crippen LogP contribution in [0, 0.1) is 6.92 Å². The van der Waals surface area contributed by atoms with Crippen LogP contribution in [0.3, 0.4) is 0 Å². The van der Waals surface area contributed by atoms with E-state index >= 15 is 0 Å². The Labute approximate surface area is 134 Å². The number of hydrogen-bond acceptors (Lipinski definition) is 3. The van der Waals surface area contributed by atoms with Gasteiger partial charge in [0.15, 0.2) is 0 Å². The van der Waals surface area contributed by atoms with Crippen molar-refractivity contribution in [2.45, 2.75) is 33.2 Å². The van der Waals surface area contributed by atoms with Crippen LogP contribution in [-0.4, -0.2) is 16.0 Å². The molecule has 0 saturated heterocycles. The normalized spacial score (nSPS) is 11.2. The fourth-order valence-electron chi connectivity index (χ4n) is 1.90. The molecule has 0 unspecified atom stereocenters. The highest BCUT2D eigenvalue weighted by Gasteiger charge is 2.10. The zero-order valence-electron chi connectivity index (χ0n) is 12.1. The SMILES string of the molecule is CCCCn1nc(C)c(/C=N\Nc2cccc(Cl)c2)c1Cl. The Morgan fingerprint density at radius 2 is 2.19 bits per heavy atom. The largest absolute Gasteiger partial charge is 0.278 e.